The molecule has 25 heavy (non-hydrogen) atoms. The van der Waals surface area contributed by atoms with E-state index >= 15 is 0 Å². The van der Waals surface area contributed by atoms with Gasteiger partial charge in [-0.25, -0.2) is 5.84 Å². The van der Waals surface area contributed by atoms with Crippen molar-refractivity contribution in [2.75, 3.05) is 14.2 Å². The maximum absolute atomic E-state index is 11.1. The number of carbonyl (C=O) groups is 1. The smallest absolute Gasteiger partial charge is 0.265 e. The van der Waals surface area contributed by atoms with Crippen molar-refractivity contribution in [2.24, 2.45) is 5.84 Å². The molecule has 0 atom stereocenters. The number of H-pyrrole nitrogens is 1. The lowest BCUT2D eigenvalue weighted by Gasteiger charge is -2.06. The van der Waals surface area contributed by atoms with Gasteiger partial charge in [0.25, 0.3) is 5.91 Å². The molecule has 132 valence electrons. The Morgan fingerprint density at radius 1 is 1.12 bits per heavy atom. The number of hydrogen-bond acceptors (Lipinski definition) is 5. The monoisotopic (exact) mass is 342 g/mol. The first-order valence-electron chi connectivity index (χ1n) is 7.63. The van der Waals surface area contributed by atoms with E-state index in [-0.39, 0.29) is 5.91 Å². The number of aromatic amines is 1. The molecule has 3 aromatic rings. The SMILES string of the molecule is COc1cc2cn[nH]c2cc1OC.Cc1ccc(C(=O)NN)c(C)c1. The molecule has 0 spiro atoms. The molecule has 1 amide bonds. The van der Waals surface area contributed by atoms with Crippen LogP contribution >= 0.6 is 0 Å². The van der Waals surface area contributed by atoms with Crippen LogP contribution in [0.15, 0.2) is 36.5 Å². The van der Waals surface area contributed by atoms with Crippen molar-refractivity contribution in [2.45, 2.75) is 13.8 Å². The second-order valence-electron chi connectivity index (χ2n) is 5.46. The van der Waals surface area contributed by atoms with Crippen LogP contribution in [0.4, 0.5) is 0 Å². The van der Waals surface area contributed by atoms with E-state index < -0.39 is 0 Å². The van der Waals surface area contributed by atoms with Crippen molar-refractivity contribution >= 4 is 16.8 Å². The average Bonchev–Trinajstić information content (AvgIpc) is 3.07. The topological polar surface area (TPSA) is 102 Å². The molecule has 4 N–H and O–H groups in total. The van der Waals surface area contributed by atoms with E-state index in [1.165, 1.54) is 0 Å². The summed E-state index contributed by atoms with van der Waals surface area (Å²) in [6.07, 6.45) is 1.75. The van der Waals surface area contributed by atoms with Gasteiger partial charge in [-0.2, -0.15) is 5.10 Å². The number of amides is 1. The molecule has 3 rings (SSSR count). The van der Waals surface area contributed by atoms with Crippen LogP contribution in [-0.2, 0) is 0 Å². The highest BCUT2D eigenvalue weighted by atomic mass is 16.5. The second kappa shape index (κ2) is 8.16. The van der Waals surface area contributed by atoms with Crippen LogP contribution in [0.1, 0.15) is 21.5 Å². The first kappa shape index (κ1) is 18.3. The second-order valence-corrected chi connectivity index (χ2v) is 5.46. The van der Waals surface area contributed by atoms with Gasteiger partial charge in [0.2, 0.25) is 0 Å². The van der Waals surface area contributed by atoms with Gasteiger partial charge in [-0.1, -0.05) is 17.7 Å². The lowest BCUT2D eigenvalue weighted by atomic mass is 10.1. The number of carbonyl (C=O) groups excluding carboxylic acids is 1. The summed E-state index contributed by atoms with van der Waals surface area (Å²) in [5.41, 5.74) is 5.76. The number of fused-ring (bicyclic) bond motifs is 1. The van der Waals surface area contributed by atoms with Gasteiger partial charge in [-0.05, 0) is 31.5 Å². The zero-order valence-electron chi connectivity index (χ0n) is 14.7. The maximum atomic E-state index is 11.1. The number of hydrazine groups is 1. The molecule has 1 aromatic heterocycles. The van der Waals surface area contributed by atoms with E-state index in [9.17, 15) is 4.79 Å². The van der Waals surface area contributed by atoms with Gasteiger partial charge in [-0.15, -0.1) is 0 Å². The van der Waals surface area contributed by atoms with Crippen LogP contribution in [0.3, 0.4) is 0 Å². The molecule has 0 aliphatic heterocycles. The number of aryl methyl sites for hydroxylation is 2. The van der Waals surface area contributed by atoms with Crippen molar-refractivity contribution < 1.29 is 14.3 Å². The van der Waals surface area contributed by atoms with E-state index in [0.717, 1.165) is 27.8 Å². The summed E-state index contributed by atoms with van der Waals surface area (Å²) in [4.78, 5) is 11.1. The quantitative estimate of drug-likeness (QED) is 0.385. The van der Waals surface area contributed by atoms with E-state index in [4.69, 9.17) is 15.3 Å². The van der Waals surface area contributed by atoms with Crippen LogP contribution < -0.4 is 20.7 Å². The van der Waals surface area contributed by atoms with Crippen LogP contribution in [0.2, 0.25) is 0 Å². The van der Waals surface area contributed by atoms with Gasteiger partial charge in [-0.3, -0.25) is 15.3 Å². The number of nitrogens with zero attached hydrogens (tertiary/aromatic N) is 1. The van der Waals surface area contributed by atoms with Gasteiger partial charge in [0.15, 0.2) is 11.5 Å². The molecule has 1 heterocycles. The Hall–Kier alpha value is -3.06. The molecule has 0 aliphatic carbocycles. The van der Waals surface area contributed by atoms with E-state index in [2.05, 4.69) is 15.6 Å². The third kappa shape index (κ3) is 4.27. The molecular formula is C18H22N4O3. The Balaban J connectivity index is 0.000000181. The first-order valence-corrected chi connectivity index (χ1v) is 7.63. The summed E-state index contributed by atoms with van der Waals surface area (Å²) >= 11 is 0. The molecule has 0 bridgehead atoms. The van der Waals surface area contributed by atoms with Gasteiger partial charge in [0, 0.05) is 17.0 Å². The molecule has 0 saturated carbocycles. The maximum Gasteiger partial charge on any atom is 0.265 e. The number of rotatable bonds is 3. The molecule has 0 fully saturated rings. The van der Waals surface area contributed by atoms with Crippen molar-refractivity contribution in [1.82, 2.24) is 15.6 Å². The molecule has 0 radical (unpaired) electrons. The Morgan fingerprint density at radius 2 is 1.80 bits per heavy atom. The van der Waals surface area contributed by atoms with E-state index in [1.807, 2.05) is 38.1 Å². The standard InChI is InChI=1S/C9H10N2O2.C9H12N2O/c1-12-8-3-6-5-10-11-7(6)4-9(8)13-2;1-6-3-4-8(7(2)5-6)9(12)11-10/h3-5H,1-2H3,(H,10,11);3-5H,10H2,1-2H3,(H,11,12). The molecule has 0 unspecified atom stereocenters. The van der Waals surface area contributed by atoms with Gasteiger partial charge in [0.05, 0.1) is 25.9 Å². The highest BCUT2D eigenvalue weighted by molar-refractivity contribution is 5.95. The van der Waals surface area contributed by atoms with Crippen LogP contribution in [0, 0.1) is 13.8 Å². The fourth-order valence-corrected chi connectivity index (χ4v) is 2.42. The predicted molar refractivity (Wildman–Crippen MR) is 96.8 cm³/mol. The molecule has 0 aliphatic rings. The molecule has 2 aromatic carbocycles. The fourth-order valence-electron chi connectivity index (χ4n) is 2.42. The van der Waals surface area contributed by atoms with Crippen LogP contribution in [-0.4, -0.2) is 30.3 Å². The minimum atomic E-state index is -0.243. The summed E-state index contributed by atoms with van der Waals surface area (Å²) < 4.78 is 10.3. The van der Waals surface area contributed by atoms with E-state index in [1.54, 1.807) is 26.5 Å². The van der Waals surface area contributed by atoms with Gasteiger partial charge >= 0.3 is 0 Å². The van der Waals surface area contributed by atoms with Crippen molar-refractivity contribution in [3.8, 4) is 11.5 Å². The van der Waals surface area contributed by atoms with Crippen LogP contribution in [0.5, 0.6) is 11.5 Å². The van der Waals surface area contributed by atoms with Gasteiger partial charge in [0.1, 0.15) is 0 Å². The first-order chi connectivity index (χ1) is 12.0. The lowest BCUT2D eigenvalue weighted by molar-refractivity contribution is 0.0953. The summed E-state index contributed by atoms with van der Waals surface area (Å²) in [7, 11) is 3.23. The van der Waals surface area contributed by atoms with Crippen molar-refractivity contribution in [3.05, 3.63) is 53.2 Å². The molecule has 7 nitrogen and oxygen atoms in total. The largest absolute Gasteiger partial charge is 0.493 e. The third-order valence-electron chi connectivity index (χ3n) is 3.70. The number of nitrogens with one attached hydrogen (secondary N) is 2. The van der Waals surface area contributed by atoms with Crippen molar-refractivity contribution in [3.63, 3.8) is 0 Å². The zero-order valence-corrected chi connectivity index (χ0v) is 14.7. The van der Waals surface area contributed by atoms with E-state index in [0.29, 0.717) is 11.3 Å². The summed E-state index contributed by atoms with van der Waals surface area (Å²) in [5, 5.41) is 7.79. The predicted octanol–water partition coefficient (Wildman–Crippen LogP) is 2.49. The summed E-state index contributed by atoms with van der Waals surface area (Å²) in [6.45, 7) is 3.87. The average molecular weight is 342 g/mol. The Morgan fingerprint density at radius 3 is 2.40 bits per heavy atom. The fraction of sp³-hybridized carbons (Fsp3) is 0.222. The lowest BCUT2D eigenvalue weighted by Crippen LogP contribution is -2.30. The number of methoxy groups -OCH3 is 2. The third-order valence-corrected chi connectivity index (χ3v) is 3.70. The molecule has 0 saturated heterocycles. The Bertz CT molecular complexity index is 836. The summed E-state index contributed by atoms with van der Waals surface area (Å²) in [5.74, 6) is 6.19. The molecular weight excluding hydrogens is 320 g/mol. The highest BCUT2D eigenvalue weighted by Crippen LogP contribution is 2.30. The Labute approximate surface area is 146 Å². The van der Waals surface area contributed by atoms with Crippen LogP contribution in [0.25, 0.3) is 10.9 Å². The number of nitrogen functional groups attached to an aromatic ring is 1. The minimum Gasteiger partial charge on any atom is -0.493 e. The highest BCUT2D eigenvalue weighted by Gasteiger charge is 2.06. The number of nitrogens with two attached hydrogens (primary N) is 1. The number of hydrogen-bond donors (Lipinski definition) is 3. The minimum absolute atomic E-state index is 0.243. The number of aromatic nitrogens is 2. The summed E-state index contributed by atoms with van der Waals surface area (Å²) in [6, 6.07) is 9.36. The number of ether oxygens (including phenoxy) is 2. The zero-order chi connectivity index (χ0) is 18.4. The van der Waals surface area contributed by atoms with Gasteiger partial charge < -0.3 is 9.47 Å². The van der Waals surface area contributed by atoms with Crippen molar-refractivity contribution in [1.29, 1.82) is 0 Å². The molecule has 7 heteroatoms. The normalized spacial score (nSPS) is 9.96. The Kier molecular flexibility index (Phi) is 5.97. The number of benzene rings is 2.